The molecule has 0 aliphatic rings. The maximum atomic E-state index is 12.5. The van der Waals surface area contributed by atoms with Gasteiger partial charge in [-0.25, -0.2) is 4.98 Å². The molecule has 9 heteroatoms. The molecule has 4 rings (SSSR count). The largest absolute Gasteiger partial charge is 0.484 e. The molecule has 3 aromatic heterocycles. The SMILES string of the molecule is CCCc1cc(=O)[nH]c(-n2nc(-c3ccco3)cc2NC(=O)COc2ccccc2)n1. The van der Waals surface area contributed by atoms with E-state index in [1.165, 1.54) is 17.0 Å². The standard InChI is InChI=1S/C22H21N5O4/c1-2-7-15-12-20(28)25-22(23-15)27-19(13-17(26-27)18-10-6-11-30-18)24-21(29)14-31-16-8-4-3-5-9-16/h3-6,8-13H,2,7,14H2,1H3,(H,24,29)(H,23,25,28). The van der Waals surface area contributed by atoms with Gasteiger partial charge < -0.3 is 14.5 Å². The lowest BCUT2D eigenvalue weighted by atomic mass is 10.2. The van der Waals surface area contributed by atoms with Gasteiger partial charge in [0.1, 0.15) is 17.3 Å². The van der Waals surface area contributed by atoms with Gasteiger partial charge >= 0.3 is 0 Å². The van der Waals surface area contributed by atoms with Crippen LogP contribution in [0, 0.1) is 0 Å². The summed E-state index contributed by atoms with van der Waals surface area (Å²) < 4.78 is 12.3. The number of ether oxygens (including phenoxy) is 1. The number of furan rings is 1. The number of rotatable bonds is 8. The number of hydrogen-bond donors (Lipinski definition) is 2. The van der Waals surface area contributed by atoms with Crippen molar-refractivity contribution in [3.63, 3.8) is 0 Å². The number of nitrogens with zero attached hydrogens (tertiary/aromatic N) is 3. The third kappa shape index (κ3) is 4.89. The van der Waals surface area contributed by atoms with Crippen LogP contribution in [-0.4, -0.2) is 32.3 Å². The van der Waals surface area contributed by atoms with E-state index in [-0.39, 0.29) is 24.0 Å². The fourth-order valence-electron chi connectivity index (χ4n) is 3.00. The monoisotopic (exact) mass is 419 g/mol. The van der Waals surface area contributed by atoms with Crippen molar-refractivity contribution in [2.45, 2.75) is 19.8 Å². The summed E-state index contributed by atoms with van der Waals surface area (Å²) in [7, 11) is 0. The summed E-state index contributed by atoms with van der Waals surface area (Å²) in [5.41, 5.74) is 0.821. The van der Waals surface area contributed by atoms with Crippen LogP contribution in [0.3, 0.4) is 0 Å². The Morgan fingerprint density at radius 2 is 2.03 bits per heavy atom. The van der Waals surface area contributed by atoms with E-state index >= 15 is 0 Å². The predicted octanol–water partition coefficient (Wildman–Crippen LogP) is 3.19. The molecule has 0 aliphatic carbocycles. The number of benzene rings is 1. The summed E-state index contributed by atoms with van der Waals surface area (Å²) >= 11 is 0. The highest BCUT2D eigenvalue weighted by atomic mass is 16.5. The highest BCUT2D eigenvalue weighted by molar-refractivity contribution is 5.91. The molecule has 0 unspecified atom stereocenters. The van der Waals surface area contributed by atoms with Gasteiger partial charge in [-0.15, -0.1) is 0 Å². The molecule has 0 spiro atoms. The van der Waals surface area contributed by atoms with Gasteiger partial charge in [0, 0.05) is 17.8 Å². The zero-order valence-corrected chi connectivity index (χ0v) is 16.9. The van der Waals surface area contributed by atoms with Gasteiger partial charge in [0.2, 0.25) is 5.95 Å². The molecule has 0 saturated carbocycles. The number of anilines is 1. The molecule has 0 aliphatic heterocycles. The van der Waals surface area contributed by atoms with Crippen molar-refractivity contribution < 1.29 is 13.9 Å². The summed E-state index contributed by atoms with van der Waals surface area (Å²) in [6, 6.07) is 15.6. The average molecular weight is 419 g/mol. The topological polar surface area (TPSA) is 115 Å². The second-order valence-corrected chi connectivity index (χ2v) is 6.76. The lowest BCUT2D eigenvalue weighted by Crippen LogP contribution is -2.23. The van der Waals surface area contributed by atoms with Gasteiger partial charge in [-0.3, -0.25) is 14.6 Å². The lowest BCUT2D eigenvalue weighted by Gasteiger charge is -2.10. The Hall–Kier alpha value is -4.14. The lowest BCUT2D eigenvalue weighted by molar-refractivity contribution is -0.118. The van der Waals surface area contributed by atoms with Crippen molar-refractivity contribution in [1.82, 2.24) is 19.7 Å². The van der Waals surface area contributed by atoms with Crippen molar-refractivity contribution >= 4 is 11.7 Å². The highest BCUT2D eigenvalue weighted by Gasteiger charge is 2.17. The van der Waals surface area contributed by atoms with Crippen molar-refractivity contribution in [3.05, 3.63) is 76.9 Å². The van der Waals surface area contributed by atoms with Gasteiger partial charge in [-0.05, 0) is 30.7 Å². The van der Waals surface area contributed by atoms with Crippen molar-refractivity contribution in [1.29, 1.82) is 0 Å². The number of aromatic nitrogens is 4. The van der Waals surface area contributed by atoms with Crippen LogP contribution in [0.5, 0.6) is 5.75 Å². The Bertz CT molecular complexity index is 1210. The quantitative estimate of drug-likeness (QED) is 0.453. The van der Waals surface area contributed by atoms with Crippen LogP contribution in [0.4, 0.5) is 5.82 Å². The predicted molar refractivity (Wildman–Crippen MR) is 114 cm³/mol. The minimum absolute atomic E-state index is 0.189. The molecule has 0 atom stereocenters. The average Bonchev–Trinajstić information content (AvgIpc) is 3.43. The second-order valence-electron chi connectivity index (χ2n) is 6.76. The molecule has 3 heterocycles. The fourth-order valence-corrected chi connectivity index (χ4v) is 3.00. The van der Waals surface area contributed by atoms with E-state index in [1.54, 1.807) is 30.3 Å². The maximum Gasteiger partial charge on any atom is 0.263 e. The number of H-pyrrole nitrogens is 1. The highest BCUT2D eigenvalue weighted by Crippen LogP contribution is 2.24. The van der Waals surface area contributed by atoms with Crippen LogP contribution in [0.15, 0.2) is 70.1 Å². The second kappa shape index (κ2) is 9.12. The van der Waals surface area contributed by atoms with Crippen molar-refractivity contribution in [2.75, 3.05) is 11.9 Å². The van der Waals surface area contributed by atoms with E-state index in [4.69, 9.17) is 9.15 Å². The summed E-state index contributed by atoms with van der Waals surface area (Å²) in [5.74, 6) is 1.24. The van der Waals surface area contributed by atoms with Gasteiger partial charge in [-0.2, -0.15) is 9.78 Å². The Morgan fingerprint density at radius 3 is 2.77 bits per heavy atom. The summed E-state index contributed by atoms with van der Waals surface area (Å²) in [5, 5.41) is 7.24. The van der Waals surface area contributed by atoms with E-state index in [9.17, 15) is 9.59 Å². The molecular formula is C22H21N5O4. The number of carbonyl (C=O) groups excluding carboxylic acids is 1. The molecule has 0 fully saturated rings. The van der Waals surface area contributed by atoms with Crippen LogP contribution in [-0.2, 0) is 11.2 Å². The first-order valence-corrected chi connectivity index (χ1v) is 9.84. The molecule has 1 amide bonds. The Balaban J connectivity index is 1.63. The zero-order valence-electron chi connectivity index (χ0n) is 16.9. The third-order valence-electron chi connectivity index (χ3n) is 4.35. The van der Waals surface area contributed by atoms with E-state index in [1.807, 2.05) is 25.1 Å². The third-order valence-corrected chi connectivity index (χ3v) is 4.35. The first kappa shape index (κ1) is 20.1. The summed E-state index contributed by atoms with van der Waals surface area (Å²) in [4.78, 5) is 31.8. The maximum absolute atomic E-state index is 12.5. The Labute approximate surface area is 177 Å². The van der Waals surface area contributed by atoms with Crippen LogP contribution < -0.4 is 15.6 Å². The minimum Gasteiger partial charge on any atom is -0.484 e. The Morgan fingerprint density at radius 1 is 1.19 bits per heavy atom. The number of carbonyl (C=O) groups is 1. The van der Waals surface area contributed by atoms with E-state index in [0.717, 1.165) is 6.42 Å². The molecular weight excluding hydrogens is 398 g/mol. The zero-order chi connectivity index (χ0) is 21.6. The summed E-state index contributed by atoms with van der Waals surface area (Å²) in [6.45, 7) is 1.81. The molecule has 4 aromatic rings. The van der Waals surface area contributed by atoms with Gasteiger partial charge in [0.25, 0.3) is 11.5 Å². The normalized spacial score (nSPS) is 10.7. The van der Waals surface area contributed by atoms with Crippen molar-refractivity contribution in [3.8, 4) is 23.2 Å². The van der Waals surface area contributed by atoms with Gasteiger partial charge in [0.15, 0.2) is 12.4 Å². The molecule has 0 saturated heterocycles. The van der Waals surface area contributed by atoms with Crippen LogP contribution >= 0.6 is 0 Å². The first-order valence-electron chi connectivity index (χ1n) is 9.84. The number of para-hydroxylation sites is 1. The van der Waals surface area contributed by atoms with Crippen LogP contribution in [0.1, 0.15) is 19.0 Å². The number of aromatic amines is 1. The molecule has 0 radical (unpaired) electrons. The smallest absolute Gasteiger partial charge is 0.263 e. The van der Waals surface area contributed by atoms with Gasteiger partial charge in [-0.1, -0.05) is 31.5 Å². The molecule has 158 valence electrons. The van der Waals surface area contributed by atoms with E-state index < -0.39 is 0 Å². The first-order chi connectivity index (χ1) is 15.1. The van der Waals surface area contributed by atoms with Gasteiger partial charge in [0.05, 0.1) is 6.26 Å². The molecule has 31 heavy (non-hydrogen) atoms. The fraction of sp³-hybridized carbons (Fsp3) is 0.182. The number of nitrogens with one attached hydrogen (secondary N) is 2. The summed E-state index contributed by atoms with van der Waals surface area (Å²) in [6.07, 6.45) is 3.02. The van der Waals surface area contributed by atoms with E-state index in [2.05, 4.69) is 20.4 Å². The van der Waals surface area contributed by atoms with Crippen molar-refractivity contribution in [2.24, 2.45) is 0 Å². The molecule has 2 N–H and O–H groups in total. The molecule has 1 aromatic carbocycles. The van der Waals surface area contributed by atoms with Crippen LogP contribution in [0.25, 0.3) is 17.4 Å². The Kier molecular flexibility index (Phi) is 5.93. The van der Waals surface area contributed by atoms with E-state index in [0.29, 0.717) is 35.1 Å². The molecule has 9 nitrogen and oxygen atoms in total. The molecule has 0 bridgehead atoms. The number of aryl methyl sites for hydroxylation is 1. The number of amides is 1. The number of hydrogen-bond acceptors (Lipinski definition) is 6. The minimum atomic E-state index is -0.386. The van der Waals surface area contributed by atoms with Crippen LogP contribution in [0.2, 0.25) is 0 Å².